The molecule has 1 heterocycles. The van der Waals surface area contributed by atoms with Crippen molar-refractivity contribution in [3.63, 3.8) is 0 Å². The Morgan fingerprint density at radius 1 is 1.22 bits per heavy atom. The second-order valence-electron chi connectivity index (χ2n) is 4.32. The molecule has 0 aliphatic carbocycles. The molecule has 0 bridgehead atoms. The lowest BCUT2D eigenvalue weighted by Gasteiger charge is -2.15. The molecular formula is C13H17F2N3. The normalized spacial score (nSPS) is 14.9. The molecule has 2 N–H and O–H groups in total. The van der Waals surface area contributed by atoms with Crippen LogP contribution in [0.25, 0.3) is 0 Å². The lowest BCUT2D eigenvalue weighted by molar-refractivity contribution is 0.578. The number of hydrogen-bond donors (Lipinski definition) is 2. The van der Waals surface area contributed by atoms with Crippen molar-refractivity contribution in [3.05, 3.63) is 35.4 Å². The second-order valence-corrected chi connectivity index (χ2v) is 4.32. The quantitative estimate of drug-likeness (QED) is 0.803. The minimum atomic E-state index is -0.517. The summed E-state index contributed by atoms with van der Waals surface area (Å²) in [4.78, 5) is 4.28. The molecule has 0 amide bonds. The van der Waals surface area contributed by atoms with E-state index in [-0.39, 0.29) is 0 Å². The number of guanidine groups is 1. The number of halogens is 2. The van der Waals surface area contributed by atoms with Crippen molar-refractivity contribution in [2.45, 2.75) is 19.3 Å². The topological polar surface area (TPSA) is 36.4 Å². The van der Waals surface area contributed by atoms with E-state index in [9.17, 15) is 8.78 Å². The van der Waals surface area contributed by atoms with Gasteiger partial charge in [-0.25, -0.2) is 8.78 Å². The Bertz CT molecular complexity index is 412. The molecule has 18 heavy (non-hydrogen) atoms. The van der Waals surface area contributed by atoms with E-state index in [1.54, 1.807) is 0 Å². The van der Waals surface area contributed by atoms with Crippen LogP contribution < -0.4 is 10.6 Å². The van der Waals surface area contributed by atoms with E-state index in [0.717, 1.165) is 44.5 Å². The molecule has 1 aliphatic heterocycles. The zero-order valence-corrected chi connectivity index (χ0v) is 10.2. The fourth-order valence-corrected chi connectivity index (χ4v) is 1.91. The summed E-state index contributed by atoms with van der Waals surface area (Å²) in [6, 6.07) is 3.64. The van der Waals surface area contributed by atoms with E-state index in [4.69, 9.17) is 0 Å². The molecule has 0 saturated carbocycles. The number of nitrogens with one attached hydrogen (secondary N) is 2. The summed E-state index contributed by atoms with van der Waals surface area (Å²) in [6.07, 6.45) is 2.52. The summed E-state index contributed by atoms with van der Waals surface area (Å²) < 4.78 is 25.9. The number of rotatable bonds is 4. The van der Waals surface area contributed by atoms with Gasteiger partial charge in [-0.1, -0.05) is 0 Å². The Morgan fingerprint density at radius 3 is 2.67 bits per heavy atom. The van der Waals surface area contributed by atoms with Gasteiger partial charge in [-0.05, 0) is 37.0 Å². The van der Waals surface area contributed by atoms with Gasteiger partial charge in [0.15, 0.2) is 5.96 Å². The van der Waals surface area contributed by atoms with Crippen LogP contribution in [0.15, 0.2) is 23.2 Å². The summed E-state index contributed by atoms with van der Waals surface area (Å²) in [5.74, 6) is -0.209. The van der Waals surface area contributed by atoms with Gasteiger partial charge < -0.3 is 10.6 Å². The Morgan fingerprint density at radius 2 is 2.00 bits per heavy atom. The molecule has 1 aromatic carbocycles. The Balaban J connectivity index is 1.73. The van der Waals surface area contributed by atoms with Crippen molar-refractivity contribution in [3.8, 4) is 0 Å². The maximum atomic E-state index is 12.9. The number of hydrogen-bond acceptors (Lipinski definition) is 3. The van der Waals surface area contributed by atoms with Gasteiger partial charge >= 0.3 is 0 Å². The molecule has 3 nitrogen and oxygen atoms in total. The zero-order valence-electron chi connectivity index (χ0n) is 10.2. The van der Waals surface area contributed by atoms with Gasteiger partial charge in [-0.15, -0.1) is 0 Å². The lowest BCUT2D eigenvalue weighted by Crippen LogP contribution is -2.41. The van der Waals surface area contributed by atoms with Crippen molar-refractivity contribution in [1.29, 1.82) is 0 Å². The summed E-state index contributed by atoms with van der Waals surface area (Å²) in [5, 5.41) is 6.33. The standard InChI is InChI=1S/C13H17F2N3/c14-11-7-10(8-12(15)9-11)3-1-4-16-13-17-5-2-6-18-13/h7-9H,1-6H2,(H2,16,17,18). The fourth-order valence-electron chi connectivity index (χ4n) is 1.91. The van der Waals surface area contributed by atoms with Gasteiger partial charge in [0.05, 0.1) is 0 Å². The van der Waals surface area contributed by atoms with Gasteiger partial charge in [0.2, 0.25) is 0 Å². The molecule has 0 aromatic heterocycles. The smallest absolute Gasteiger partial charge is 0.191 e. The molecule has 0 atom stereocenters. The van der Waals surface area contributed by atoms with Crippen LogP contribution in [0.4, 0.5) is 8.78 Å². The van der Waals surface area contributed by atoms with Gasteiger partial charge in [0.1, 0.15) is 11.6 Å². The van der Waals surface area contributed by atoms with Crippen molar-refractivity contribution in [2.75, 3.05) is 19.6 Å². The number of aliphatic imine (C=N–C) groups is 1. The molecule has 5 heteroatoms. The van der Waals surface area contributed by atoms with Crippen LogP contribution in [0.3, 0.4) is 0 Å². The highest BCUT2D eigenvalue weighted by molar-refractivity contribution is 5.80. The van der Waals surface area contributed by atoms with Crippen molar-refractivity contribution in [1.82, 2.24) is 10.6 Å². The maximum absolute atomic E-state index is 12.9. The fraction of sp³-hybridized carbons (Fsp3) is 0.462. The highest BCUT2D eigenvalue weighted by Crippen LogP contribution is 2.09. The van der Waals surface area contributed by atoms with Crippen LogP contribution in [0, 0.1) is 11.6 Å². The summed E-state index contributed by atoms with van der Waals surface area (Å²) in [7, 11) is 0. The van der Waals surface area contributed by atoms with Gasteiger partial charge in [0, 0.05) is 25.7 Å². The van der Waals surface area contributed by atoms with Crippen molar-refractivity contribution < 1.29 is 8.78 Å². The van der Waals surface area contributed by atoms with E-state index in [1.807, 2.05) is 0 Å². The van der Waals surface area contributed by atoms with Crippen LogP contribution in [-0.4, -0.2) is 25.6 Å². The monoisotopic (exact) mass is 253 g/mol. The maximum Gasteiger partial charge on any atom is 0.191 e. The predicted octanol–water partition coefficient (Wildman–Crippen LogP) is 1.84. The van der Waals surface area contributed by atoms with Gasteiger partial charge in [0.25, 0.3) is 0 Å². The molecule has 1 aliphatic rings. The molecule has 0 saturated heterocycles. The third-order valence-electron chi connectivity index (χ3n) is 2.75. The first-order valence-electron chi connectivity index (χ1n) is 6.21. The molecule has 0 spiro atoms. The summed E-state index contributed by atoms with van der Waals surface area (Å²) in [6.45, 7) is 2.54. The zero-order chi connectivity index (χ0) is 12.8. The van der Waals surface area contributed by atoms with Crippen LogP contribution >= 0.6 is 0 Å². The van der Waals surface area contributed by atoms with E-state index in [0.29, 0.717) is 12.0 Å². The lowest BCUT2D eigenvalue weighted by atomic mass is 10.1. The highest BCUT2D eigenvalue weighted by atomic mass is 19.1. The molecular weight excluding hydrogens is 236 g/mol. The van der Waals surface area contributed by atoms with E-state index < -0.39 is 11.6 Å². The Kier molecular flexibility index (Phi) is 4.50. The first-order chi connectivity index (χ1) is 8.74. The van der Waals surface area contributed by atoms with Crippen molar-refractivity contribution in [2.24, 2.45) is 4.99 Å². The minimum Gasteiger partial charge on any atom is -0.356 e. The van der Waals surface area contributed by atoms with Gasteiger partial charge in [-0.3, -0.25) is 4.99 Å². The van der Waals surface area contributed by atoms with Crippen molar-refractivity contribution >= 4 is 5.96 Å². The van der Waals surface area contributed by atoms with Crippen LogP contribution in [0.5, 0.6) is 0 Å². The first-order valence-corrected chi connectivity index (χ1v) is 6.21. The number of benzene rings is 1. The third-order valence-corrected chi connectivity index (χ3v) is 2.75. The van der Waals surface area contributed by atoms with Gasteiger partial charge in [-0.2, -0.15) is 0 Å². The number of aryl methyl sites for hydroxylation is 1. The van der Waals surface area contributed by atoms with Crippen LogP contribution in [-0.2, 0) is 6.42 Å². The largest absolute Gasteiger partial charge is 0.356 e. The number of nitrogens with zero attached hydrogens (tertiary/aromatic N) is 1. The molecule has 2 rings (SSSR count). The molecule has 0 fully saturated rings. The van der Waals surface area contributed by atoms with Crippen LogP contribution in [0.1, 0.15) is 18.4 Å². The molecule has 1 aromatic rings. The average molecular weight is 253 g/mol. The van der Waals surface area contributed by atoms with Crippen LogP contribution in [0.2, 0.25) is 0 Å². The third kappa shape index (κ3) is 3.98. The first kappa shape index (κ1) is 12.8. The summed E-state index contributed by atoms with van der Waals surface area (Å²) >= 11 is 0. The molecule has 98 valence electrons. The predicted molar refractivity (Wildman–Crippen MR) is 67.6 cm³/mol. The van der Waals surface area contributed by atoms with E-state index in [1.165, 1.54) is 12.1 Å². The summed E-state index contributed by atoms with van der Waals surface area (Å²) in [5.41, 5.74) is 0.688. The average Bonchev–Trinajstić information content (AvgIpc) is 2.35. The molecule has 0 radical (unpaired) electrons. The Labute approximate surface area is 105 Å². The Hall–Kier alpha value is -1.65. The van der Waals surface area contributed by atoms with E-state index >= 15 is 0 Å². The highest BCUT2D eigenvalue weighted by Gasteiger charge is 2.03. The SMILES string of the molecule is Fc1cc(F)cc(CCCNC2=NCCCN2)c1. The van der Waals surface area contributed by atoms with E-state index in [2.05, 4.69) is 15.6 Å². The second kappa shape index (κ2) is 6.33. The minimum absolute atomic E-state index is 0.517. The molecule has 0 unspecified atom stereocenters.